The molecule has 3 fully saturated rings. The molecular weight excluding hydrogens is 324 g/mol. The van der Waals surface area contributed by atoms with Gasteiger partial charge in [0.05, 0.1) is 13.2 Å². The summed E-state index contributed by atoms with van der Waals surface area (Å²) >= 11 is 0. The van der Waals surface area contributed by atoms with E-state index in [1.807, 2.05) is 0 Å². The summed E-state index contributed by atoms with van der Waals surface area (Å²) in [5, 5.41) is 11.1. The molecule has 3 heteroatoms. The summed E-state index contributed by atoms with van der Waals surface area (Å²) in [4.78, 5) is 0. The fraction of sp³-hybridized carbons (Fsp3) is 0.826. The van der Waals surface area contributed by atoms with Crippen LogP contribution in [-0.2, 0) is 9.47 Å². The van der Waals surface area contributed by atoms with Crippen LogP contribution in [0.4, 0.5) is 0 Å². The molecular formula is C23H32O3. The second-order valence-corrected chi connectivity index (χ2v) is 9.88. The molecule has 0 aromatic rings. The first-order valence-corrected chi connectivity index (χ1v) is 10.6. The third-order valence-electron chi connectivity index (χ3n) is 8.92. The number of rotatable bonds is 0. The first kappa shape index (κ1) is 17.3. The van der Waals surface area contributed by atoms with E-state index in [-0.39, 0.29) is 11.2 Å². The Morgan fingerprint density at radius 3 is 2.65 bits per heavy atom. The molecule has 0 aromatic carbocycles. The van der Waals surface area contributed by atoms with Gasteiger partial charge >= 0.3 is 0 Å². The summed E-state index contributed by atoms with van der Waals surface area (Å²) in [6.45, 7) is 6.19. The molecule has 1 spiro atoms. The van der Waals surface area contributed by atoms with Crippen LogP contribution in [0.25, 0.3) is 0 Å². The van der Waals surface area contributed by atoms with Gasteiger partial charge < -0.3 is 14.6 Å². The Labute approximate surface area is 157 Å². The first-order chi connectivity index (χ1) is 12.4. The standard InChI is InChI=1S/C23H32O3/c1-4-22(24)9-7-19-20-15(2)13-16-14-23(25-11-12-26-23)10-6-17(16)18(20)5-8-21(19,22)3/h1,15,18-20,24H,5-14H2,2-3H3/t15-,18?,19+,20-,21+,22+/m1/s1. The summed E-state index contributed by atoms with van der Waals surface area (Å²) in [7, 11) is 0. The molecule has 0 bridgehead atoms. The number of allylic oxidation sites excluding steroid dienone is 1. The van der Waals surface area contributed by atoms with Gasteiger partial charge in [-0.2, -0.15) is 0 Å². The minimum Gasteiger partial charge on any atom is -0.377 e. The van der Waals surface area contributed by atoms with Crippen molar-refractivity contribution in [2.75, 3.05) is 13.2 Å². The quantitative estimate of drug-likeness (QED) is 0.525. The highest BCUT2D eigenvalue weighted by molar-refractivity contribution is 5.31. The first-order valence-electron chi connectivity index (χ1n) is 10.6. The Morgan fingerprint density at radius 2 is 1.92 bits per heavy atom. The molecule has 5 aliphatic rings. The largest absolute Gasteiger partial charge is 0.377 e. The normalized spacial score (nSPS) is 49.5. The zero-order valence-corrected chi connectivity index (χ0v) is 16.2. The summed E-state index contributed by atoms with van der Waals surface area (Å²) in [5.41, 5.74) is 2.33. The summed E-state index contributed by atoms with van der Waals surface area (Å²) in [6, 6.07) is 0. The van der Waals surface area contributed by atoms with E-state index in [9.17, 15) is 5.11 Å². The van der Waals surface area contributed by atoms with Gasteiger partial charge in [0.1, 0.15) is 5.60 Å². The van der Waals surface area contributed by atoms with Crippen LogP contribution < -0.4 is 0 Å². The van der Waals surface area contributed by atoms with Gasteiger partial charge in [-0.25, -0.2) is 0 Å². The van der Waals surface area contributed by atoms with Gasteiger partial charge in [0.15, 0.2) is 5.79 Å². The average Bonchev–Trinajstić information content (AvgIpc) is 3.18. The van der Waals surface area contributed by atoms with E-state index >= 15 is 0 Å². The van der Waals surface area contributed by atoms with Crippen LogP contribution in [0.15, 0.2) is 11.1 Å². The van der Waals surface area contributed by atoms with Crippen LogP contribution in [0.2, 0.25) is 0 Å². The van der Waals surface area contributed by atoms with Gasteiger partial charge in [0, 0.05) is 18.3 Å². The second-order valence-electron chi connectivity index (χ2n) is 9.88. The van der Waals surface area contributed by atoms with Crippen LogP contribution in [0.1, 0.15) is 65.2 Å². The van der Waals surface area contributed by atoms with Gasteiger partial charge in [-0.15, -0.1) is 6.42 Å². The number of aliphatic hydroxyl groups is 1. The third-order valence-corrected chi connectivity index (χ3v) is 8.92. The highest BCUT2D eigenvalue weighted by Gasteiger charge is 2.62. The van der Waals surface area contributed by atoms with Gasteiger partial charge in [-0.3, -0.25) is 0 Å². The van der Waals surface area contributed by atoms with E-state index in [2.05, 4.69) is 19.8 Å². The SMILES string of the molecule is C#C[C@]1(O)CC[C@H]2[C@H]3C(CC[C@@]21C)C1=C(C[C@H]3C)CC2(CC1)OCCO2. The zero-order valence-electron chi connectivity index (χ0n) is 16.2. The van der Waals surface area contributed by atoms with Gasteiger partial charge in [-0.05, 0) is 62.2 Å². The molecule has 3 nitrogen and oxygen atoms in total. The molecule has 5 rings (SSSR count). The molecule has 0 radical (unpaired) electrons. The van der Waals surface area contributed by atoms with E-state index in [1.54, 1.807) is 11.1 Å². The fourth-order valence-corrected chi connectivity index (χ4v) is 7.60. The number of hydrogen-bond acceptors (Lipinski definition) is 3. The van der Waals surface area contributed by atoms with Crippen LogP contribution in [0.5, 0.6) is 0 Å². The molecule has 142 valence electrons. The Bertz CT molecular complexity index is 682. The molecule has 1 heterocycles. The average molecular weight is 357 g/mol. The molecule has 4 aliphatic carbocycles. The maximum absolute atomic E-state index is 11.1. The Kier molecular flexibility index (Phi) is 3.72. The minimum absolute atomic E-state index is 0.108. The van der Waals surface area contributed by atoms with E-state index < -0.39 is 5.60 Å². The number of fused-ring (bicyclic) bond motifs is 4. The number of terminal acetylenes is 1. The summed E-state index contributed by atoms with van der Waals surface area (Å²) in [6.07, 6.45) is 14.2. The van der Waals surface area contributed by atoms with Crippen molar-refractivity contribution < 1.29 is 14.6 Å². The predicted molar refractivity (Wildman–Crippen MR) is 100 cm³/mol. The Hall–Kier alpha value is -0.820. The maximum Gasteiger partial charge on any atom is 0.172 e. The Balaban J connectivity index is 1.47. The fourth-order valence-electron chi connectivity index (χ4n) is 7.60. The smallest absolute Gasteiger partial charge is 0.172 e. The summed E-state index contributed by atoms with van der Waals surface area (Å²) in [5.74, 6) is 5.05. The Morgan fingerprint density at radius 1 is 1.15 bits per heavy atom. The topological polar surface area (TPSA) is 38.7 Å². The lowest BCUT2D eigenvalue weighted by atomic mass is 9.50. The lowest BCUT2D eigenvalue weighted by Crippen LogP contribution is -2.52. The molecule has 0 amide bonds. The number of ether oxygens (including phenoxy) is 2. The molecule has 1 unspecified atom stereocenters. The van der Waals surface area contributed by atoms with E-state index in [1.165, 1.54) is 12.8 Å². The minimum atomic E-state index is -0.904. The van der Waals surface area contributed by atoms with Crippen molar-refractivity contribution in [2.45, 2.75) is 76.6 Å². The molecule has 1 saturated heterocycles. The highest BCUT2D eigenvalue weighted by Crippen LogP contribution is 2.65. The van der Waals surface area contributed by atoms with Crippen molar-refractivity contribution in [1.29, 1.82) is 0 Å². The molecule has 1 N–H and O–H groups in total. The molecule has 26 heavy (non-hydrogen) atoms. The van der Waals surface area contributed by atoms with E-state index in [0.717, 1.165) is 51.7 Å². The molecule has 2 saturated carbocycles. The summed E-state index contributed by atoms with van der Waals surface area (Å²) < 4.78 is 12.0. The lowest BCUT2D eigenvalue weighted by Gasteiger charge is -2.55. The second kappa shape index (κ2) is 5.60. The molecule has 6 atom stereocenters. The highest BCUT2D eigenvalue weighted by atomic mass is 16.7. The molecule has 0 aromatic heterocycles. The van der Waals surface area contributed by atoms with Crippen molar-refractivity contribution in [2.24, 2.45) is 29.1 Å². The monoisotopic (exact) mass is 356 g/mol. The predicted octanol–water partition coefficient (Wildman–Crippen LogP) is 4.06. The maximum atomic E-state index is 11.1. The lowest BCUT2D eigenvalue weighted by molar-refractivity contribution is -0.167. The van der Waals surface area contributed by atoms with Crippen molar-refractivity contribution in [3.63, 3.8) is 0 Å². The third kappa shape index (κ3) is 2.13. The number of hydrogen-bond donors (Lipinski definition) is 1. The van der Waals surface area contributed by atoms with E-state index in [0.29, 0.717) is 23.7 Å². The molecule has 1 aliphatic heterocycles. The van der Waals surface area contributed by atoms with Crippen molar-refractivity contribution in [3.8, 4) is 12.3 Å². The van der Waals surface area contributed by atoms with Crippen molar-refractivity contribution in [1.82, 2.24) is 0 Å². The van der Waals surface area contributed by atoms with Crippen molar-refractivity contribution in [3.05, 3.63) is 11.1 Å². The van der Waals surface area contributed by atoms with Crippen LogP contribution in [0, 0.1) is 41.4 Å². The van der Waals surface area contributed by atoms with E-state index in [4.69, 9.17) is 15.9 Å². The van der Waals surface area contributed by atoms with Crippen LogP contribution >= 0.6 is 0 Å². The van der Waals surface area contributed by atoms with Gasteiger partial charge in [0.2, 0.25) is 0 Å². The van der Waals surface area contributed by atoms with Crippen molar-refractivity contribution >= 4 is 0 Å². The van der Waals surface area contributed by atoms with Gasteiger partial charge in [0.25, 0.3) is 0 Å². The zero-order chi connectivity index (χ0) is 18.2. The van der Waals surface area contributed by atoms with Crippen LogP contribution in [-0.4, -0.2) is 29.7 Å². The van der Waals surface area contributed by atoms with Crippen LogP contribution in [0.3, 0.4) is 0 Å². The van der Waals surface area contributed by atoms with Gasteiger partial charge in [-0.1, -0.05) is 30.9 Å².